The summed E-state index contributed by atoms with van der Waals surface area (Å²) in [6.07, 6.45) is 0.603. The first kappa shape index (κ1) is 19.7. The SMILES string of the molecule is CCC(O)(c1ccc(Cl)cc1)C(CN1CCOCC1)c1ccc(Cl)cc1. The van der Waals surface area contributed by atoms with Crippen LogP contribution in [0.25, 0.3) is 0 Å². The molecule has 2 aromatic rings. The zero-order chi connectivity index (χ0) is 18.6. The summed E-state index contributed by atoms with van der Waals surface area (Å²) in [5, 5.41) is 13.1. The first-order chi connectivity index (χ1) is 12.5. The summed E-state index contributed by atoms with van der Waals surface area (Å²) in [6.45, 7) is 6.02. The van der Waals surface area contributed by atoms with Gasteiger partial charge in [0, 0.05) is 35.6 Å². The van der Waals surface area contributed by atoms with E-state index in [4.69, 9.17) is 27.9 Å². The highest BCUT2D eigenvalue weighted by molar-refractivity contribution is 6.30. The fourth-order valence-corrected chi connectivity index (χ4v) is 3.91. The van der Waals surface area contributed by atoms with E-state index in [1.54, 1.807) is 0 Å². The topological polar surface area (TPSA) is 32.7 Å². The molecular weight excluding hydrogens is 369 g/mol. The van der Waals surface area contributed by atoms with Gasteiger partial charge in [0.15, 0.2) is 0 Å². The van der Waals surface area contributed by atoms with Crippen molar-refractivity contribution in [1.29, 1.82) is 0 Å². The van der Waals surface area contributed by atoms with Gasteiger partial charge in [0.1, 0.15) is 0 Å². The van der Waals surface area contributed by atoms with Gasteiger partial charge in [-0.2, -0.15) is 0 Å². The van der Waals surface area contributed by atoms with Crippen molar-refractivity contribution in [3.8, 4) is 0 Å². The van der Waals surface area contributed by atoms with Crippen molar-refractivity contribution in [3.05, 3.63) is 69.7 Å². The Bertz CT molecular complexity index is 699. The minimum atomic E-state index is -0.989. The first-order valence-electron chi connectivity index (χ1n) is 9.07. The zero-order valence-electron chi connectivity index (χ0n) is 15.0. The van der Waals surface area contributed by atoms with Crippen LogP contribution in [0.5, 0.6) is 0 Å². The molecule has 3 nitrogen and oxygen atoms in total. The number of nitrogens with zero attached hydrogens (tertiary/aromatic N) is 1. The van der Waals surface area contributed by atoms with E-state index >= 15 is 0 Å². The fraction of sp³-hybridized carbons (Fsp3) is 0.429. The molecule has 2 unspecified atom stereocenters. The minimum absolute atomic E-state index is 0.0796. The maximum Gasteiger partial charge on any atom is 0.0974 e. The highest BCUT2D eigenvalue weighted by Crippen LogP contribution is 2.41. The van der Waals surface area contributed by atoms with Crippen LogP contribution in [0.15, 0.2) is 48.5 Å². The molecule has 2 atom stereocenters. The molecule has 1 N–H and O–H groups in total. The summed E-state index contributed by atoms with van der Waals surface area (Å²) in [5.41, 5.74) is 0.981. The largest absolute Gasteiger partial charge is 0.384 e. The first-order valence-corrected chi connectivity index (χ1v) is 9.82. The van der Waals surface area contributed by atoms with Crippen LogP contribution in [-0.4, -0.2) is 42.9 Å². The number of aliphatic hydroxyl groups is 1. The second-order valence-corrected chi connectivity index (χ2v) is 7.67. The van der Waals surface area contributed by atoms with Crippen molar-refractivity contribution < 1.29 is 9.84 Å². The molecule has 0 aromatic heterocycles. The summed E-state index contributed by atoms with van der Waals surface area (Å²) >= 11 is 12.1. The van der Waals surface area contributed by atoms with Gasteiger partial charge in [0.05, 0.1) is 18.8 Å². The molecule has 0 aliphatic carbocycles. The standard InChI is InChI=1S/C21H25Cl2NO2/c1-2-21(25,17-5-9-19(23)10-6-17)20(15-24-11-13-26-14-12-24)16-3-7-18(22)8-4-16/h3-10,20,25H,2,11-15H2,1H3. The van der Waals surface area contributed by atoms with Crippen molar-refractivity contribution in [3.63, 3.8) is 0 Å². The van der Waals surface area contributed by atoms with Crippen molar-refractivity contribution in [2.24, 2.45) is 0 Å². The van der Waals surface area contributed by atoms with Gasteiger partial charge in [-0.25, -0.2) is 0 Å². The van der Waals surface area contributed by atoms with Crippen LogP contribution in [0.2, 0.25) is 10.0 Å². The van der Waals surface area contributed by atoms with E-state index in [2.05, 4.69) is 4.90 Å². The fourth-order valence-electron chi connectivity index (χ4n) is 3.66. The molecule has 0 bridgehead atoms. The predicted octanol–water partition coefficient (Wildman–Crippen LogP) is 4.71. The highest BCUT2D eigenvalue weighted by atomic mass is 35.5. The third-order valence-corrected chi connectivity index (χ3v) is 5.78. The van der Waals surface area contributed by atoms with E-state index in [-0.39, 0.29) is 5.92 Å². The van der Waals surface area contributed by atoms with Gasteiger partial charge in [-0.3, -0.25) is 4.90 Å². The molecule has 1 aliphatic rings. The molecule has 1 fully saturated rings. The smallest absolute Gasteiger partial charge is 0.0974 e. The molecule has 0 saturated carbocycles. The quantitative estimate of drug-likeness (QED) is 0.771. The van der Waals surface area contributed by atoms with Gasteiger partial charge >= 0.3 is 0 Å². The maximum absolute atomic E-state index is 11.8. The molecule has 0 amide bonds. The summed E-state index contributed by atoms with van der Waals surface area (Å²) in [4.78, 5) is 2.36. The van der Waals surface area contributed by atoms with Gasteiger partial charge in [0.2, 0.25) is 0 Å². The molecule has 0 spiro atoms. The second-order valence-electron chi connectivity index (χ2n) is 6.80. The Morgan fingerprint density at radius 3 is 2.08 bits per heavy atom. The van der Waals surface area contributed by atoms with Crippen molar-refractivity contribution in [2.45, 2.75) is 24.9 Å². The molecule has 26 heavy (non-hydrogen) atoms. The van der Waals surface area contributed by atoms with Crippen LogP contribution < -0.4 is 0 Å². The van der Waals surface area contributed by atoms with Gasteiger partial charge in [-0.05, 0) is 41.8 Å². The Kier molecular flexibility index (Phi) is 6.60. The van der Waals surface area contributed by atoms with Crippen molar-refractivity contribution in [2.75, 3.05) is 32.8 Å². The molecule has 5 heteroatoms. The predicted molar refractivity (Wildman–Crippen MR) is 107 cm³/mol. The van der Waals surface area contributed by atoms with Crippen LogP contribution in [0.1, 0.15) is 30.4 Å². The van der Waals surface area contributed by atoms with E-state index in [1.807, 2.05) is 55.5 Å². The number of morpholine rings is 1. The lowest BCUT2D eigenvalue weighted by molar-refractivity contribution is -0.0250. The van der Waals surface area contributed by atoms with Gasteiger partial charge in [0.25, 0.3) is 0 Å². The second kappa shape index (κ2) is 8.73. The average Bonchev–Trinajstić information content (AvgIpc) is 2.68. The van der Waals surface area contributed by atoms with E-state index < -0.39 is 5.60 Å². The summed E-state index contributed by atoms with van der Waals surface area (Å²) in [5.74, 6) is -0.0796. The number of ether oxygens (including phenoxy) is 1. The zero-order valence-corrected chi connectivity index (χ0v) is 16.5. The normalized spacial score (nSPS) is 19.1. The van der Waals surface area contributed by atoms with E-state index in [0.717, 1.165) is 44.0 Å². The van der Waals surface area contributed by atoms with Crippen LogP contribution in [0.3, 0.4) is 0 Å². The van der Waals surface area contributed by atoms with Gasteiger partial charge in [-0.1, -0.05) is 54.4 Å². The van der Waals surface area contributed by atoms with Gasteiger partial charge < -0.3 is 9.84 Å². The lowest BCUT2D eigenvalue weighted by atomic mass is 9.75. The lowest BCUT2D eigenvalue weighted by Gasteiger charge is -2.40. The van der Waals surface area contributed by atoms with E-state index in [9.17, 15) is 5.11 Å². The van der Waals surface area contributed by atoms with E-state index in [1.165, 1.54) is 0 Å². The number of benzene rings is 2. The minimum Gasteiger partial charge on any atom is -0.384 e. The van der Waals surface area contributed by atoms with E-state index in [0.29, 0.717) is 16.5 Å². The number of rotatable bonds is 6. The maximum atomic E-state index is 11.8. The Morgan fingerprint density at radius 1 is 1.00 bits per heavy atom. The average molecular weight is 394 g/mol. The van der Waals surface area contributed by atoms with Crippen LogP contribution in [0, 0.1) is 0 Å². The van der Waals surface area contributed by atoms with Crippen LogP contribution >= 0.6 is 23.2 Å². The molecule has 3 rings (SSSR count). The molecule has 2 aromatic carbocycles. The molecule has 1 aliphatic heterocycles. The third-order valence-electron chi connectivity index (χ3n) is 5.28. The molecule has 1 heterocycles. The number of halogens is 2. The highest BCUT2D eigenvalue weighted by Gasteiger charge is 2.39. The van der Waals surface area contributed by atoms with Crippen LogP contribution in [-0.2, 0) is 10.3 Å². The Hall–Kier alpha value is -1.10. The third kappa shape index (κ3) is 4.41. The number of hydrogen-bond acceptors (Lipinski definition) is 3. The molecular formula is C21H25Cl2NO2. The lowest BCUT2D eigenvalue weighted by Crippen LogP contribution is -2.44. The molecule has 1 saturated heterocycles. The molecule has 140 valence electrons. The Labute approximate surface area is 165 Å². The monoisotopic (exact) mass is 393 g/mol. The molecule has 0 radical (unpaired) electrons. The Balaban J connectivity index is 1.98. The Morgan fingerprint density at radius 2 is 1.54 bits per heavy atom. The summed E-state index contributed by atoms with van der Waals surface area (Å²) < 4.78 is 5.48. The number of hydrogen-bond donors (Lipinski definition) is 1. The summed E-state index contributed by atoms with van der Waals surface area (Å²) in [7, 11) is 0. The van der Waals surface area contributed by atoms with Crippen molar-refractivity contribution >= 4 is 23.2 Å². The summed E-state index contributed by atoms with van der Waals surface area (Å²) in [6, 6.07) is 15.3. The van der Waals surface area contributed by atoms with Crippen LogP contribution in [0.4, 0.5) is 0 Å². The van der Waals surface area contributed by atoms with Crippen molar-refractivity contribution in [1.82, 2.24) is 4.90 Å². The van der Waals surface area contributed by atoms with Gasteiger partial charge in [-0.15, -0.1) is 0 Å².